The van der Waals surface area contributed by atoms with Crippen LogP contribution < -0.4 is 4.74 Å². The van der Waals surface area contributed by atoms with Crippen molar-refractivity contribution in [2.24, 2.45) is 0 Å². The predicted octanol–water partition coefficient (Wildman–Crippen LogP) is 2.80. The van der Waals surface area contributed by atoms with Crippen molar-refractivity contribution in [1.29, 1.82) is 0 Å². The SMILES string of the molecule is COc1ncnc2c1CN(Cc1cnc(C(C)(C)C)s1)CC2. The van der Waals surface area contributed by atoms with E-state index in [2.05, 4.69) is 40.6 Å². The maximum absolute atomic E-state index is 5.37. The summed E-state index contributed by atoms with van der Waals surface area (Å²) in [6.45, 7) is 9.38. The molecule has 0 radical (unpaired) electrons. The summed E-state index contributed by atoms with van der Waals surface area (Å²) in [5.41, 5.74) is 2.36. The summed E-state index contributed by atoms with van der Waals surface area (Å²) in [6, 6.07) is 0. The van der Waals surface area contributed by atoms with Crippen molar-refractivity contribution in [1.82, 2.24) is 19.9 Å². The smallest absolute Gasteiger partial charge is 0.220 e. The van der Waals surface area contributed by atoms with E-state index in [4.69, 9.17) is 4.74 Å². The lowest BCUT2D eigenvalue weighted by atomic mass is 9.98. The molecule has 0 bridgehead atoms. The maximum Gasteiger partial charge on any atom is 0.220 e. The molecule has 0 saturated carbocycles. The fraction of sp³-hybridized carbons (Fsp3) is 0.562. The molecular weight excluding hydrogens is 296 g/mol. The molecule has 0 saturated heterocycles. The first kappa shape index (κ1) is 15.4. The first-order valence-corrected chi connectivity index (χ1v) is 8.33. The molecule has 1 aliphatic heterocycles. The molecule has 0 aliphatic carbocycles. The van der Waals surface area contributed by atoms with E-state index in [-0.39, 0.29) is 5.41 Å². The third-order valence-electron chi connectivity index (χ3n) is 3.81. The van der Waals surface area contributed by atoms with E-state index in [1.807, 2.05) is 17.5 Å². The second-order valence-corrected chi connectivity index (χ2v) is 7.77. The van der Waals surface area contributed by atoms with Gasteiger partial charge in [0.1, 0.15) is 6.33 Å². The third kappa shape index (κ3) is 3.13. The highest BCUT2D eigenvalue weighted by atomic mass is 32.1. The first-order chi connectivity index (χ1) is 10.5. The molecule has 0 amide bonds. The molecule has 0 N–H and O–H groups in total. The summed E-state index contributed by atoms with van der Waals surface area (Å²) in [4.78, 5) is 16.9. The van der Waals surface area contributed by atoms with Gasteiger partial charge in [-0.15, -0.1) is 11.3 Å². The Morgan fingerprint density at radius 3 is 2.77 bits per heavy atom. The molecule has 2 aromatic rings. The topological polar surface area (TPSA) is 51.1 Å². The molecule has 0 fully saturated rings. The lowest BCUT2D eigenvalue weighted by molar-refractivity contribution is 0.238. The first-order valence-electron chi connectivity index (χ1n) is 7.51. The second-order valence-electron chi connectivity index (χ2n) is 6.65. The summed E-state index contributed by atoms with van der Waals surface area (Å²) in [7, 11) is 1.67. The normalized spacial score (nSPS) is 15.6. The van der Waals surface area contributed by atoms with Gasteiger partial charge in [-0.2, -0.15) is 0 Å². The van der Waals surface area contributed by atoms with E-state index in [1.54, 1.807) is 13.4 Å². The Morgan fingerprint density at radius 2 is 2.09 bits per heavy atom. The summed E-state index contributed by atoms with van der Waals surface area (Å²) in [5, 5.41) is 1.20. The molecule has 2 aromatic heterocycles. The van der Waals surface area contributed by atoms with Crippen LogP contribution in [0.4, 0.5) is 0 Å². The fourth-order valence-corrected chi connectivity index (χ4v) is 3.64. The third-order valence-corrected chi connectivity index (χ3v) is 5.22. The van der Waals surface area contributed by atoms with Crippen LogP contribution in [0.3, 0.4) is 0 Å². The summed E-state index contributed by atoms with van der Waals surface area (Å²) < 4.78 is 5.37. The van der Waals surface area contributed by atoms with Crippen LogP contribution in [0.5, 0.6) is 5.88 Å². The monoisotopic (exact) mass is 318 g/mol. The lowest BCUT2D eigenvalue weighted by Gasteiger charge is -2.27. The number of nitrogens with zero attached hydrogens (tertiary/aromatic N) is 4. The van der Waals surface area contributed by atoms with Crippen molar-refractivity contribution >= 4 is 11.3 Å². The highest BCUT2D eigenvalue weighted by molar-refractivity contribution is 7.11. The molecule has 6 heteroatoms. The van der Waals surface area contributed by atoms with Crippen LogP contribution in [-0.2, 0) is 24.9 Å². The van der Waals surface area contributed by atoms with E-state index < -0.39 is 0 Å². The Labute approximate surface area is 135 Å². The summed E-state index contributed by atoms with van der Waals surface area (Å²) >= 11 is 1.81. The van der Waals surface area contributed by atoms with E-state index in [0.29, 0.717) is 5.88 Å². The van der Waals surface area contributed by atoms with Crippen molar-refractivity contribution in [3.63, 3.8) is 0 Å². The van der Waals surface area contributed by atoms with Gasteiger partial charge in [0.25, 0.3) is 0 Å². The van der Waals surface area contributed by atoms with Crippen molar-refractivity contribution in [2.75, 3.05) is 13.7 Å². The van der Waals surface area contributed by atoms with Gasteiger partial charge in [-0.1, -0.05) is 20.8 Å². The average Bonchev–Trinajstić information content (AvgIpc) is 2.95. The Bertz CT molecular complexity index is 648. The predicted molar refractivity (Wildman–Crippen MR) is 87.2 cm³/mol. The number of methoxy groups -OCH3 is 1. The van der Waals surface area contributed by atoms with Crippen LogP contribution in [0.1, 0.15) is 41.9 Å². The minimum atomic E-state index is 0.120. The number of hydrogen-bond acceptors (Lipinski definition) is 6. The van der Waals surface area contributed by atoms with Crippen molar-refractivity contribution in [3.8, 4) is 5.88 Å². The Morgan fingerprint density at radius 1 is 1.27 bits per heavy atom. The molecule has 0 spiro atoms. The quantitative estimate of drug-likeness (QED) is 0.871. The van der Waals surface area contributed by atoms with Crippen molar-refractivity contribution < 1.29 is 4.74 Å². The van der Waals surface area contributed by atoms with Crippen LogP contribution in [0.2, 0.25) is 0 Å². The Hall–Kier alpha value is -1.53. The van der Waals surface area contributed by atoms with E-state index in [9.17, 15) is 0 Å². The number of hydrogen-bond donors (Lipinski definition) is 0. The largest absolute Gasteiger partial charge is 0.481 e. The number of rotatable bonds is 3. The molecule has 3 heterocycles. The van der Waals surface area contributed by atoms with E-state index in [0.717, 1.165) is 37.3 Å². The van der Waals surface area contributed by atoms with Crippen LogP contribution >= 0.6 is 11.3 Å². The van der Waals surface area contributed by atoms with Crippen LogP contribution in [-0.4, -0.2) is 33.5 Å². The molecule has 1 aliphatic rings. The zero-order valence-electron chi connectivity index (χ0n) is 13.6. The number of aromatic nitrogens is 3. The summed E-state index contributed by atoms with van der Waals surface area (Å²) in [6.07, 6.45) is 4.55. The Balaban J connectivity index is 1.74. The number of thiazole rings is 1. The highest BCUT2D eigenvalue weighted by Gasteiger charge is 2.23. The molecule has 118 valence electrons. The van der Waals surface area contributed by atoms with E-state index in [1.165, 1.54) is 9.88 Å². The van der Waals surface area contributed by atoms with Gasteiger partial charge in [-0.05, 0) is 0 Å². The van der Waals surface area contributed by atoms with Crippen LogP contribution in [0.15, 0.2) is 12.5 Å². The molecule has 0 atom stereocenters. The Kier molecular flexibility index (Phi) is 4.14. The van der Waals surface area contributed by atoms with Crippen LogP contribution in [0, 0.1) is 0 Å². The fourth-order valence-electron chi connectivity index (χ4n) is 2.63. The number of ether oxygens (including phenoxy) is 1. The van der Waals surface area contributed by atoms with Gasteiger partial charge in [0, 0.05) is 48.1 Å². The van der Waals surface area contributed by atoms with Gasteiger partial charge in [0.05, 0.1) is 17.8 Å². The van der Waals surface area contributed by atoms with Gasteiger partial charge in [0.15, 0.2) is 0 Å². The van der Waals surface area contributed by atoms with Gasteiger partial charge in [-0.3, -0.25) is 4.90 Å². The minimum absolute atomic E-state index is 0.120. The van der Waals surface area contributed by atoms with Crippen LogP contribution in [0.25, 0.3) is 0 Å². The number of fused-ring (bicyclic) bond motifs is 1. The van der Waals surface area contributed by atoms with Gasteiger partial charge in [0.2, 0.25) is 5.88 Å². The van der Waals surface area contributed by atoms with Gasteiger partial charge in [-0.25, -0.2) is 15.0 Å². The van der Waals surface area contributed by atoms with Crippen molar-refractivity contribution in [3.05, 3.63) is 33.7 Å². The minimum Gasteiger partial charge on any atom is -0.481 e. The van der Waals surface area contributed by atoms with E-state index >= 15 is 0 Å². The molecule has 0 aromatic carbocycles. The molecular formula is C16H22N4OS. The average molecular weight is 318 g/mol. The van der Waals surface area contributed by atoms with Gasteiger partial charge < -0.3 is 4.74 Å². The highest BCUT2D eigenvalue weighted by Crippen LogP contribution is 2.29. The zero-order chi connectivity index (χ0) is 15.7. The second kappa shape index (κ2) is 5.93. The summed E-state index contributed by atoms with van der Waals surface area (Å²) in [5.74, 6) is 0.703. The molecule has 22 heavy (non-hydrogen) atoms. The lowest BCUT2D eigenvalue weighted by Crippen LogP contribution is -2.31. The van der Waals surface area contributed by atoms with Gasteiger partial charge >= 0.3 is 0 Å². The molecule has 0 unspecified atom stereocenters. The standard InChI is InChI=1S/C16H22N4OS/c1-16(2,3)15-17-7-11(22-15)8-20-6-5-13-12(9-20)14(21-4)19-10-18-13/h7,10H,5-6,8-9H2,1-4H3. The maximum atomic E-state index is 5.37. The molecule has 5 nitrogen and oxygen atoms in total. The van der Waals surface area contributed by atoms with Crippen molar-refractivity contribution in [2.45, 2.75) is 45.7 Å². The molecule has 3 rings (SSSR count). The zero-order valence-corrected chi connectivity index (χ0v) is 14.4.